The Balaban J connectivity index is 1.81. The highest BCUT2D eigenvalue weighted by molar-refractivity contribution is 7.14. The van der Waals surface area contributed by atoms with E-state index in [0.717, 1.165) is 64.9 Å². The number of ether oxygens (including phenoxy) is 2. The van der Waals surface area contributed by atoms with Crippen molar-refractivity contribution in [3.8, 4) is 16.9 Å². The molecular weight excluding hydrogens is 551 g/mol. The van der Waals surface area contributed by atoms with Crippen molar-refractivity contribution in [1.29, 1.82) is 0 Å². The van der Waals surface area contributed by atoms with Gasteiger partial charge in [0.25, 0.3) is 5.91 Å². The molecule has 0 aliphatic rings. The summed E-state index contributed by atoms with van der Waals surface area (Å²) in [5.41, 5.74) is 2.49. The number of hydrogen-bond acceptors (Lipinski definition) is 5. The largest absolute Gasteiger partial charge is 0.493 e. The highest BCUT2D eigenvalue weighted by Crippen LogP contribution is 2.40. The van der Waals surface area contributed by atoms with E-state index in [0.29, 0.717) is 17.2 Å². The molecule has 3 rings (SSSR count). The topological polar surface area (TPSA) is 64.6 Å². The Kier molecular flexibility index (Phi) is 11.0. The molecule has 0 bridgehead atoms. The minimum atomic E-state index is -4.37. The summed E-state index contributed by atoms with van der Waals surface area (Å²) in [6.45, 7) is 8.76. The molecule has 0 atom stereocenters. The van der Waals surface area contributed by atoms with Crippen LogP contribution in [-0.2, 0) is 21.1 Å². The lowest BCUT2D eigenvalue weighted by Gasteiger charge is -2.33. The van der Waals surface area contributed by atoms with Crippen LogP contribution in [0.4, 0.5) is 13.2 Å². The second-order valence-corrected chi connectivity index (χ2v) is 11.4. The summed E-state index contributed by atoms with van der Waals surface area (Å²) in [4.78, 5) is 25.7. The fourth-order valence-electron chi connectivity index (χ4n) is 5.27. The lowest BCUT2D eigenvalue weighted by atomic mass is 9.78. The van der Waals surface area contributed by atoms with Crippen LogP contribution in [0.25, 0.3) is 11.1 Å². The van der Waals surface area contributed by atoms with Gasteiger partial charge < -0.3 is 14.8 Å². The molecule has 9 heteroatoms. The molecule has 1 amide bonds. The zero-order chi connectivity index (χ0) is 30.2. The molecule has 0 saturated heterocycles. The summed E-state index contributed by atoms with van der Waals surface area (Å²) in [7, 11) is 1.31. The fourth-order valence-corrected chi connectivity index (χ4v) is 6.42. The summed E-state index contributed by atoms with van der Waals surface area (Å²) >= 11 is 1.45. The number of alkyl halides is 3. The molecule has 1 heterocycles. The van der Waals surface area contributed by atoms with Crippen LogP contribution in [0, 0.1) is 13.8 Å². The maximum Gasteiger partial charge on any atom is 0.416 e. The summed E-state index contributed by atoms with van der Waals surface area (Å²) in [6.07, 6.45) is -0.625. The van der Waals surface area contributed by atoms with Gasteiger partial charge in [-0.1, -0.05) is 38.8 Å². The van der Waals surface area contributed by atoms with Crippen LogP contribution < -0.4 is 10.1 Å². The molecule has 0 spiro atoms. The zero-order valence-electron chi connectivity index (χ0n) is 24.2. The van der Waals surface area contributed by atoms with Gasteiger partial charge in [-0.2, -0.15) is 13.2 Å². The van der Waals surface area contributed by atoms with Crippen molar-refractivity contribution in [1.82, 2.24) is 5.32 Å². The van der Waals surface area contributed by atoms with Gasteiger partial charge in [-0.15, -0.1) is 11.3 Å². The number of hydrogen-bond donors (Lipinski definition) is 1. The van der Waals surface area contributed by atoms with Gasteiger partial charge in [0.2, 0.25) is 0 Å². The van der Waals surface area contributed by atoms with Gasteiger partial charge in [-0.25, -0.2) is 0 Å². The number of rotatable bonds is 13. The molecule has 0 unspecified atom stereocenters. The number of thiophene rings is 1. The molecule has 0 aliphatic heterocycles. The second-order valence-electron chi connectivity index (χ2n) is 10.3. The van der Waals surface area contributed by atoms with Crippen molar-refractivity contribution in [2.75, 3.05) is 20.3 Å². The number of esters is 1. The van der Waals surface area contributed by atoms with Crippen molar-refractivity contribution < 1.29 is 32.2 Å². The smallest absolute Gasteiger partial charge is 0.416 e. The number of amides is 1. The zero-order valence-corrected chi connectivity index (χ0v) is 25.1. The van der Waals surface area contributed by atoms with Gasteiger partial charge in [0.15, 0.2) is 0 Å². The van der Waals surface area contributed by atoms with Gasteiger partial charge in [-0.05, 0) is 85.3 Å². The Morgan fingerprint density at radius 1 is 0.927 bits per heavy atom. The van der Waals surface area contributed by atoms with E-state index in [1.54, 1.807) is 0 Å². The van der Waals surface area contributed by atoms with Crippen LogP contribution in [0.2, 0.25) is 0 Å². The number of halogens is 3. The molecular formula is C32H38F3NO4S. The minimum Gasteiger partial charge on any atom is -0.493 e. The SMILES string of the molecule is CCCC(CCC)(COc1cc(C)c(-c2ccc(C(F)(F)F)cc2)c(C)c1)c1ccc(C(=O)NCCC(=O)OC)s1. The molecule has 0 saturated carbocycles. The maximum absolute atomic E-state index is 13.0. The Hall–Kier alpha value is -3.33. The Bertz CT molecular complexity index is 1300. The third kappa shape index (κ3) is 8.12. The Morgan fingerprint density at radius 2 is 1.54 bits per heavy atom. The third-order valence-corrected chi connectivity index (χ3v) is 8.50. The molecule has 2 aromatic carbocycles. The van der Waals surface area contributed by atoms with E-state index in [-0.39, 0.29) is 30.3 Å². The summed E-state index contributed by atoms with van der Waals surface area (Å²) in [5, 5.41) is 2.78. The van der Waals surface area contributed by atoms with E-state index < -0.39 is 11.7 Å². The van der Waals surface area contributed by atoms with Crippen LogP contribution in [0.15, 0.2) is 48.5 Å². The molecule has 1 N–H and O–H groups in total. The first-order chi connectivity index (χ1) is 19.4. The Morgan fingerprint density at radius 3 is 2.07 bits per heavy atom. The summed E-state index contributed by atoms with van der Waals surface area (Å²) in [6, 6.07) is 12.9. The average molecular weight is 590 g/mol. The number of methoxy groups -OCH3 is 1. The van der Waals surface area contributed by atoms with Crippen LogP contribution in [-0.4, -0.2) is 32.1 Å². The standard InChI is InChI=1S/C32H38F3NO4S/c1-6-15-31(16-7-2,27-13-12-26(41-27)30(38)36-17-14-28(37)39-5)20-40-25-18-21(3)29(22(4)19-25)23-8-10-24(11-9-23)32(33,34)35/h8-13,18-19H,6-7,14-17,20H2,1-5H3,(H,36,38). The van der Waals surface area contributed by atoms with Crippen molar-refractivity contribution >= 4 is 23.2 Å². The molecule has 0 aliphatic carbocycles. The molecule has 3 aromatic rings. The van der Waals surface area contributed by atoms with E-state index in [1.807, 2.05) is 38.1 Å². The lowest BCUT2D eigenvalue weighted by molar-refractivity contribution is -0.140. The van der Waals surface area contributed by atoms with Gasteiger partial charge >= 0.3 is 12.1 Å². The molecule has 5 nitrogen and oxygen atoms in total. The van der Waals surface area contributed by atoms with E-state index in [2.05, 4.69) is 23.9 Å². The van der Waals surface area contributed by atoms with Crippen molar-refractivity contribution in [2.24, 2.45) is 0 Å². The van der Waals surface area contributed by atoms with E-state index in [4.69, 9.17) is 4.74 Å². The first-order valence-electron chi connectivity index (χ1n) is 13.8. The minimum absolute atomic E-state index is 0.112. The maximum atomic E-state index is 13.0. The molecule has 0 fully saturated rings. The monoisotopic (exact) mass is 589 g/mol. The van der Waals surface area contributed by atoms with E-state index in [9.17, 15) is 22.8 Å². The molecule has 222 valence electrons. The average Bonchev–Trinajstić information content (AvgIpc) is 3.42. The van der Waals surface area contributed by atoms with Gasteiger partial charge in [0.05, 0.1) is 30.6 Å². The number of benzene rings is 2. The van der Waals surface area contributed by atoms with Crippen molar-refractivity contribution in [2.45, 2.75) is 71.4 Å². The van der Waals surface area contributed by atoms with Gasteiger partial charge in [0, 0.05) is 16.8 Å². The normalized spacial score (nSPS) is 11.8. The second kappa shape index (κ2) is 14.0. The lowest BCUT2D eigenvalue weighted by Crippen LogP contribution is -2.32. The molecule has 0 radical (unpaired) electrons. The highest BCUT2D eigenvalue weighted by Gasteiger charge is 2.34. The van der Waals surface area contributed by atoms with Crippen molar-refractivity contribution in [3.63, 3.8) is 0 Å². The number of carbonyl (C=O) groups excluding carboxylic acids is 2. The predicted octanol–water partition coefficient (Wildman–Crippen LogP) is 8.26. The van der Waals surface area contributed by atoms with Crippen molar-refractivity contribution in [3.05, 3.63) is 75.0 Å². The van der Waals surface area contributed by atoms with Gasteiger partial charge in [0.1, 0.15) is 5.75 Å². The summed E-state index contributed by atoms with van der Waals surface area (Å²) in [5.74, 6) is 0.0970. The number of nitrogens with one attached hydrogen (secondary N) is 1. The van der Waals surface area contributed by atoms with Crippen LogP contribution >= 0.6 is 11.3 Å². The number of carbonyl (C=O) groups is 2. The van der Waals surface area contributed by atoms with E-state index >= 15 is 0 Å². The first-order valence-corrected chi connectivity index (χ1v) is 14.6. The molecule has 1 aromatic heterocycles. The van der Waals surface area contributed by atoms with E-state index in [1.165, 1.54) is 30.6 Å². The van der Waals surface area contributed by atoms with Crippen LogP contribution in [0.3, 0.4) is 0 Å². The molecule has 41 heavy (non-hydrogen) atoms. The Labute approximate surface area is 244 Å². The van der Waals surface area contributed by atoms with Crippen LogP contribution in [0.1, 0.15) is 77.2 Å². The fraction of sp³-hybridized carbons (Fsp3) is 0.438. The van der Waals surface area contributed by atoms with Gasteiger partial charge in [-0.3, -0.25) is 9.59 Å². The predicted molar refractivity (Wildman–Crippen MR) is 157 cm³/mol. The van der Waals surface area contributed by atoms with Crippen LogP contribution in [0.5, 0.6) is 5.75 Å². The number of aryl methyl sites for hydroxylation is 2. The third-order valence-electron chi connectivity index (χ3n) is 7.17. The summed E-state index contributed by atoms with van der Waals surface area (Å²) < 4.78 is 50.1. The quantitative estimate of drug-likeness (QED) is 0.204. The first kappa shape index (κ1) is 32.2. The highest BCUT2D eigenvalue weighted by atomic mass is 32.1.